The van der Waals surface area contributed by atoms with Gasteiger partial charge in [-0.25, -0.2) is 0 Å². The van der Waals surface area contributed by atoms with Gasteiger partial charge in [-0.1, -0.05) is 5.16 Å². The molecule has 0 spiro atoms. The Morgan fingerprint density at radius 3 is 2.93 bits per heavy atom. The van der Waals surface area contributed by atoms with Crippen LogP contribution >= 0.6 is 0 Å². The highest BCUT2D eigenvalue weighted by Gasteiger charge is 2.35. The number of carbonyl (C=O) groups is 1. The molecule has 1 aliphatic rings. The van der Waals surface area contributed by atoms with Gasteiger partial charge in [-0.3, -0.25) is 4.79 Å². The SMILES string of the molecule is CNC(C)Cc1noc(C2CCCN2C(=O)c2ccc(OC)cc2OC)n1. The Balaban J connectivity index is 1.81. The quantitative estimate of drug-likeness (QED) is 0.795. The Morgan fingerprint density at radius 2 is 2.22 bits per heavy atom. The van der Waals surface area contributed by atoms with E-state index >= 15 is 0 Å². The van der Waals surface area contributed by atoms with Gasteiger partial charge in [0.2, 0.25) is 5.89 Å². The van der Waals surface area contributed by atoms with E-state index in [1.165, 1.54) is 0 Å². The van der Waals surface area contributed by atoms with Crippen molar-refractivity contribution in [3.05, 3.63) is 35.5 Å². The third kappa shape index (κ3) is 4.05. The molecule has 2 atom stereocenters. The minimum atomic E-state index is -0.213. The van der Waals surface area contributed by atoms with Crippen molar-refractivity contribution in [2.75, 3.05) is 27.8 Å². The Bertz CT molecular complexity index is 792. The fourth-order valence-electron chi connectivity index (χ4n) is 3.26. The third-order valence-electron chi connectivity index (χ3n) is 4.90. The molecular formula is C19H26N4O4. The second kappa shape index (κ2) is 8.39. The molecule has 1 fully saturated rings. The zero-order chi connectivity index (χ0) is 19.4. The first-order valence-electron chi connectivity index (χ1n) is 9.10. The largest absolute Gasteiger partial charge is 0.497 e. The number of benzene rings is 1. The summed E-state index contributed by atoms with van der Waals surface area (Å²) < 4.78 is 16.1. The lowest BCUT2D eigenvalue weighted by molar-refractivity contribution is 0.0706. The van der Waals surface area contributed by atoms with Gasteiger partial charge in [0.1, 0.15) is 17.5 Å². The van der Waals surface area contributed by atoms with Crippen LogP contribution < -0.4 is 14.8 Å². The molecular weight excluding hydrogens is 348 g/mol. The molecule has 1 aromatic carbocycles. The lowest BCUT2D eigenvalue weighted by Gasteiger charge is -2.23. The van der Waals surface area contributed by atoms with Gasteiger partial charge in [-0.2, -0.15) is 4.98 Å². The van der Waals surface area contributed by atoms with E-state index in [9.17, 15) is 4.79 Å². The van der Waals surface area contributed by atoms with E-state index in [2.05, 4.69) is 22.4 Å². The lowest BCUT2D eigenvalue weighted by Crippen LogP contribution is -2.31. The number of rotatable bonds is 7. The van der Waals surface area contributed by atoms with Crippen LogP contribution in [-0.4, -0.2) is 54.8 Å². The zero-order valence-electron chi connectivity index (χ0n) is 16.2. The van der Waals surface area contributed by atoms with Crippen molar-refractivity contribution in [2.45, 2.75) is 38.3 Å². The molecule has 2 unspecified atom stereocenters. The van der Waals surface area contributed by atoms with Gasteiger partial charge in [0, 0.05) is 25.1 Å². The number of nitrogens with one attached hydrogen (secondary N) is 1. The van der Waals surface area contributed by atoms with Crippen molar-refractivity contribution in [2.24, 2.45) is 0 Å². The van der Waals surface area contributed by atoms with Crippen molar-refractivity contribution >= 4 is 5.91 Å². The average molecular weight is 374 g/mol. The highest BCUT2D eigenvalue weighted by atomic mass is 16.5. The maximum absolute atomic E-state index is 13.1. The first kappa shape index (κ1) is 19.2. The molecule has 1 aliphatic heterocycles. The zero-order valence-corrected chi connectivity index (χ0v) is 16.2. The summed E-state index contributed by atoms with van der Waals surface area (Å²) in [5, 5.41) is 7.22. The average Bonchev–Trinajstić information content (AvgIpc) is 3.35. The first-order valence-corrected chi connectivity index (χ1v) is 9.10. The Hall–Kier alpha value is -2.61. The summed E-state index contributed by atoms with van der Waals surface area (Å²) in [7, 11) is 5.01. The van der Waals surface area contributed by atoms with E-state index in [0.717, 1.165) is 12.8 Å². The number of likely N-dealkylation sites (N-methyl/N-ethyl adjacent to an activating group) is 1. The van der Waals surface area contributed by atoms with Gasteiger partial charge in [0.15, 0.2) is 5.82 Å². The highest BCUT2D eigenvalue weighted by Crippen LogP contribution is 2.34. The summed E-state index contributed by atoms with van der Waals surface area (Å²) in [6.45, 7) is 2.70. The van der Waals surface area contributed by atoms with Gasteiger partial charge >= 0.3 is 0 Å². The summed E-state index contributed by atoms with van der Waals surface area (Å²) in [6, 6.07) is 5.23. The van der Waals surface area contributed by atoms with Crippen LogP contribution in [0.15, 0.2) is 22.7 Å². The number of hydrogen-bond donors (Lipinski definition) is 1. The van der Waals surface area contributed by atoms with Crippen LogP contribution in [0.1, 0.15) is 47.9 Å². The van der Waals surface area contributed by atoms with Crippen LogP contribution in [0.2, 0.25) is 0 Å². The molecule has 0 bridgehead atoms. The van der Waals surface area contributed by atoms with Crippen LogP contribution in [0.5, 0.6) is 11.5 Å². The number of ether oxygens (including phenoxy) is 2. The van der Waals surface area contributed by atoms with Crippen molar-refractivity contribution < 1.29 is 18.8 Å². The topological polar surface area (TPSA) is 89.7 Å². The van der Waals surface area contributed by atoms with E-state index in [4.69, 9.17) is 14.0 Å². The molecule has 1 aromatic heterocycles. The van der Waals surface area contributed by atoms with Gasteiger partial charge in [0.05, 0.1) is 19.8 Å². The normalized spacial score (nSPS) is 17.8. The summed E-state index contributed by atoms with van der Waals surface area (Å²) >= 11 is 0. The Kier molecular flexibility index (Phi) is 5.95. The summed E-state index contributed by atoms with van der Waals surface area (Å²) in [5.41, 5.74) is 0.494. The molecule has 2 aromatic rings. The third-order valence-corrected chi connectivity index (χ3v) is 4.90. The fraction of sp³-hybridized carbons (Fsp3) is 0.526. The number of nitrogens with zero attached hydrogens (tertiary/aromatic N) is 3. The van der Waals surface area contributed by atoms with Crippen molar-refractivity contribution in [3.63, 3.8) is 0 Å². The predicted molar refractivity (Wildman–Crippen MR) is 99.1 cm³/mol. The number of likely N-dealkylation sites (tertiary alicyclic amines) is 1. The monoisotopic (exact) mass is 374 g/mol. The van der Waals surface area contributed by atoms with Crippen molar-refractivity contribution in [3.8, 4) is 11.5 Å². The van der Waals surface area contributed by atoms with Crippen LogP contribution in [0, 0.1) is 0 Å². The number of hydrogen-bond acceptors (Lipinski definition) is 7. The Morgan fingerprint density at radius 1 is 1.41 bits per heavy atom. The second-order valence-electron chi connectivity index (χ2n) is 6.67. The first-order chi connectivity index (χ1) is 13.1. The molecule has 1 amide bonds. The molecule has 0 saturated carbocycles. The van der Waals surface area contributed by atoms with E-state index in [1.807, 2.05) is 7.05 Å². The Labute approximate surface area is 158 Å². The van der Waals surface area contributed by atoms with Crippen LogP contribution in [-0.2, 0) is 6.42 Å². The molecule has 146 valence electrons. The number of methoxy groups -OCH3 is 2. The number of aromatic nitrogens is 2. The summed E-state index contributed by atoms with van der Waals surface area (Å²) in [5.74, 6) is 2.15. The predicted octanol–water partition coefficient (Wildman–Crippen LogP) is 2.21. The maximum atomic E-state index is 13.1. The number of amides is 1. The van der Waals surface area contributed by atoms with E-state index in [-0.39, 0.29) is 18.0 Å². The van der Waals surface area contributed by atoms with Crippen LogP contribution in [0.25, 0.3) is 0 Å². The molecule has 2 heterocycles. The smallest absolute Gasteiger partial charge is 0.258 e. The van der Waals surface area contributed by atoms with Gasteiger partial charge in [-0.05, 0) is 38.9 Å². The van der Waals surface area contributed by atoms with Crippen LogP contribution in [0.3, 0.4) is 0 Å². The van der Waals surface area contributed by atoms with E-state index in [1.54, 1.807) is 37.3 Å². The maximum Gasteiger partial charge on any atom is 0.258 e. The van der Waals surface area contributed by atoms with E-state index < -0.39 is 0 Å². The van der Waals surface area contributed by atoms with Gasteiger partial charge in [0.25, 0.3) is 5.91 Å². The van der Waals surface area contributed by atoms with Gasteiger partial charge in [-0.15, -0.1) is 0 Å². The molecule has 0 radical (unpaired) electrons. The second-order valence-corrected chi connectivity index (χ2v) is 6.67. The highest BCUT2D eigenvalue weighted by molar-refractivity contribution is 5.97. The lowest BCUT2D eigenvalue weighted by atomic mass is 10.1. The molecule has 8 nitrogen and oxygen atoms in total. The molecule has 0 aliphatic carbocycles. The molecule has 27 heavy (non-hydrogen) atoms. The molecule has 3 rings (SSSR count). The van der Waals surface area contributed by atoms with Gasteiger partial charge < -0.3 is 24.2 Å². The minimum Gasteiger partial charge on any atom is -0.497 e. The van der Waals surface area contributed by atoms with E-state index in [0.29, 0.717) is 41.7 Å². The molecule has 1 N–H and O–H groups in total. The van der Waals surface area contributed by atoms with Crippen molar-refractivity contribution in [1.29, 1.82) is 0 Å². The standard InChI is InChI=1S/C19H26N4O4/c1-12(20-2)10-17-21-18(27-22-17)15-6-5-9-23(15)19(24)14-8-7-13(25-3)11-16(14)26-4/h7-8,11-12,15,20H,5-6,9-10H2,1-4H3. The summed E-state index contributed by atoms with van der Waals surface area (Å²) in [4.78, 5) is 19.4. The van der Waals surface area contributed by atoms with Crippen LogP contribution in [0.4, 0.5) is 0 Å². The minimum absolute atomic E-state index is 0.111. The summed E-state index contributed by atoms with van der Waals surface area (Å²) in [6.07, 6.45) is 2.36. The molecule has 1 saturated heterocycles. The molecule has 8 heteroatoms. The van der Waals surface area contributed by atoms with Crippen molar-refractivity contribution in [1.82, 2.24) is 20.4 Å². The fourth-order valence-corrected chi connectivity index (χ4v) is 3.26. The number of carbonyl (C=O) groups excluding carboxylic acids is 1.